The van der Waals surface area contributed by atoms with Crippen LogP contribution in [0.1, 0.15) is 22.4 Å². The third-order valence-electron chi connectivity index (χ3n) is 4.00. The van der Waals surface area contributed by atoms with Gasteiger partial charge in [0.1, 0.15) is 11.5 Å². The average Bonchev–Trinajstić information content (AvgIpc) is 2.64. The van der Waals surface area contributed by atoms with Gasteiger partial charge in [-0.2, -0.15) is 13.2 Å². The Hall–Kier alpha value is -2.80. The van der Waals surface area contributed by atoms with Crippen LogP contribution in [-0.2, 0) is 25.8 Å². The van der Waals surface area contributed by atoms with Crippen molar-refractivity contribution in [3.05, 3.63) is 95.3 Å². The van der Waals surface area contributed by atoms with Crippen LogP contribution >= 0.6 is 0 Å². The molecule has 7 heteroatoms. The van der Waals surface area contributed by atoms with Crippen molar-refractivity contribution >= 4 is 0 Å². The molecule has 3 rings (SSSR count). The second-order valence-electron chi connectivity index (χ2n) is 6.18. The van der Waals surface area contributed by atoms with E-state index in [1.165, 1.54) is 24.4 Å². The van der Waals surface area contributed by atoms with Crippen molar-refractivity contribution in [3.63, 3.8) is 0 Å². The van der Waals surface area contributed by atoms with Crippen LogP contribution in [0.25, 0.3) is 0 Å². The van der Waals surface area contributed by atoms with Gasteiger partial charge in [0.15, 0.2) is 0 Å². The van der Waals surface area contributed by atoms with Crippen LogP contribution in [0.3, 0.4) is 0 Å². The van der Waals surface area contributed by atoms with Gasteiger partial charge in [-0.05, 0) is 47.0 Å². The third kappa shape index (κ3) is 5.59. The van der Waals surface area contributed by atoms with Gasteiger partial charge in [0.2, 0.25) is 0 Å². The highest BCUT2D eigenvalue weighted by Gasteiger charge is 2.32. The molecule has 0 aliphatic heterocycles. The smallest absolute Gasteiger partial charge is 0.291 e. The Bertz CT molecular complexity index is 847. The lowest BCUT2D eigenvalue weighted by molar-refractivity contribution is -0.141. The van der Waals surface area contributed by atoms with Crippen LogP contribution in [0.2, 0.25) is 0 Å². The molecule has 0 amide bonds. The van der Waals surface area contributed by atoms with Crippen LogP contribution in [0.4, 0.5) is 17.6 Å². The van der Waals surface area contributed by atoms with Crippen molar-refractivity contribution in [2.75, 3.05) is 0 Å². The number of hydrogen-bond acceptors (Lipinski definition) is 3. The molecule has 27 heavy (non-hydrogen) atoms. The van der Waals surface area contributed by atoms with Gasteiger partial charge in [0, 0.05) is 38.2 Å². The van der Waals surface area contributed by atoms with Crippen LogP contribution in [0, 0.1) is 5.82 Å². The Balaban J connectivity index is 1.77. The van der Waals surface area contributed by atoms with E-state index in [0.29, 0.717) is 25.2 Å². The fourth-order valence-electron chi connectivity index (χ4n) is 2.71. The van der Waals surface area contributed by atoms with Crippen molar-refractivity contribution in [2.45, 2.75) is 25.8 Å². The van der Waals surface area contributed by atoms with Gasteiger partial charge < -0.3 is 0 Å². The summed E-state index contributed by atoms with van der Waals surface area (Å²) in [6.07, 6.45) is 0.159. The van der Waals surface area contributed by atoms with Crippen LogP contribution in [0.5, 0.6) is 0 Å². The van der Waals surface area contributed by atoms with Gasteiger partial charge in [-0.3, -0.25) is 14.9 Å². The minimum absolute atomic E-state index is 0.314. The molecule has 0 unspecified atom stereocenters. The number of nitrogens with zero attached hydrogens (tertiary/aromatic N) is 3. The normalized spacial score (nSPS) is 11.7. The zero-order chi connectivity index (χ0) is 19.3. The lowest BCUT2D eigenvalue weighted by Gasteiger charge is -2.23. The molecule has 0 fully saturated rings. The summed E-state index contributed by atoms with van der Waals surface area (Å²) in [7, 11) is 0. The van der Waals surface area contributed by atoms with Crippen LogP contribution < -0.4 is 0 Å². The molecule has 2 heterocycles. The third-order valence-corrected chi connectivity index (χ3v) is 4.00. The second-order valence-corrected chi connectivity index (χ2v) is 6.18. The molecule has 1 aromatic carbocycles. The molecule has 0 atom stereocenters. The van der Waals surface area contributed by atoms with Gasteiger partial charge in [-0.25, -0.2) is 4.39 Å². The van der Waals surface area contributed by atoms with E-state index in [4.69, 9.17) is 0 Å². The predicted molar refractivity (Wildman–Crippen MR) is 92.8 cm³/mol. The highest BCUT2D eigenvalue weighted by atomic mass is 19.4. The first-order chi connectivity index (χ1) is 12.9. The molecule has 0 saturated heterocycles. The molecule has 0 aliphatic rings. The molecule has 3 nitrogen and oxygen atoms in total. The molecular formula is C20H17F4N3. The van der Waals surface area contributed by atoms with E-state index in [0.717, 1.165) is 17.2 Å². The first-order valence-electron chi connectivity index (χ1n) is 8.28. The van der Waals surface area contributed by atoms with Crippen molar-refractivity contribution in [3.8, 4) is 0 Å². The van der Waals surface area contributed by atoms with Crippen LogP contribution in [0.15, 0.2) is 67.1 Å². The molecule has 0 radical (unpaired) electrons. The standard InChI is InChI=1S/C20H17F4N3/c21-18-4-1-15(2-5-18)12-27(13-16-7-9-25-10-8-16)14-17-3-6-19(26-11-17)20(22,23)24/h1-11H,12-14H2. The predicted octanol–water partition coefficient (Wildman–Crippen LogP) is 4.84. The van der Waals surface area contributed by atoms with Crippen molar-refractivity contribution in [1.29, 1.82) is 0 Å². The zero-order valence-electron chi connectivity index (χ0n) is 14.3. The molecule has 0 spiro atoms. The molecule has 0 N–H and O–H groups in total. The number of pyridine rings is 2. The Labute approximate surface area is 154 Å². The molecule has 0 saturated carbocycles. The first kappa shape index (κ1) is 19.0. The lowest BCUT2D eigenvalue weighted by Crippen LogP contribution is -2.22. The summed E-state index contributed by atoms with van der Waals surface area (Å²) in [5.74, 6) is -0.314. The minimum Gasteiger partial charge on any atom is -0.291 e. The van der Waals surface area contributed by atoms with Gasteiger partial charge in [0.25, 0.3) is 0 Å². The summed E-state index contributed by atoms with van der Waals surface area (Å²) in [6, 6.07) is 12.3. The summed E-state index contributed by atoms with van der Waals surface area (Å²) in [5, 5.41) is 0. The van der Waals surface area contributed by atoms with E-state index in [-0.39, 0.29) is 5.82 Å². The van der Waals surface area contributed by atoms with Crippen LogP contribution in [-0.4, -0.2) is 14.9 Å². The molecule has 0 aliphatic carbocycles. The van der Waals surface area contributed by atoms with E-state index in [9.17, 15) is 17.6 Å². The second kappa shape index (κ2) is 8.26. The summed E-state index contributed by atoms with van der Waals surface area (Å²) < 4.78 is 51.2. The monoisotopic (exact) mass is 375 g/mol. The van der Waals surface area contributed by atoms with E-state index < -0.39 is 11.9 Å². The van der Waals surface area contributed by atoms with Gasteiger partial charge in [-0.1, -0.05) is 18.2 Å². The number of aromatic nitrogens is 2. The summed E-state index contributed by atoms with van der Waals surface area (Å²) in [5.41, 5.74) is 1.68. The first-order valence-corrected chi connectivity index (χ1v) is 8.28. The number of benzene rings is 1. The maximum atomic E-state index is 13.1. The van der Waals surface area contributed by atoms with Crippen molar-refractivity contribution < 1.29 is 17.6 Å². The highest BCUT2D eigenvalue weighted by Crippen LogP contribution is 2.27. The highest BCUT2D eigenvalue weighted by molar-refractivity contribution is 5.19. The van der Waals surface area contributed by atoms with Crippen molar-refractivity contribution in [2.24, 2.45) is 0 Å². The summed E-state index contributed by atoms with van der Waals surface area (Å²) in [4.78, 5) is 9.55. The number of rotatable bonds is 6. The Kier molecular flexibility index (Phi) is 5.81. The average molecular weight is 375 g/mol. The van der Waals surface area contributed by atoms with E-state index in [1.54, 1.807) is 24.5 Å². The maximum absolute atomic E-state index is 13.1. The zero-order valence-corrected chi connectivity index (χ0v) is 14.3. The van der Waals surface area contributed by atoms with Crippen molar-refractivity contribution in [1.82, 2.24) is 14.9 Å². The molecular weight excluding hydrogens is 358 g/mol. The SMILES string of the molecule is Fc1ccc(CN(Cc2ccncc2)Cc2ccc(C(F)(F)F)nc2)cc1. The maximum Gasteiger partial charge on any atom is 0.433 e. The van der Waals surface area contributed by atoms with E-state index >= 15 is 0 Å². The topological polar surface area (TPSA) is 29.0 Å². The molecule has 3 aromatic rings. The van der Waals surface area contributed by atoms with Gasteiger partial charge in [-0.15, -0.1) is 0 Å². The number of halogens is 4. The Morgan fingerprint density at radius 1 is 0.741 bits per heavy atom. The molecule has 0 bridgehead atoms. The quantitative estimate of drug-likeness (QED) is 0.578. The number of alkyl halides is 3. The molecule has 140 valence electrons. The minimum atomic E-state index is -4.45. The number of hydrogen-bond donors (Lipinski definition) is 0. The van der Waals surface area contributed by atoms with E-state index in [1.807, 2.05) is 17.0 Å². The summed E-state index contributed by atoms with van der Waals surface area (Å²) in [6.45, 7) is 1.50. The lowest BCUT2D eigenvalue weighted by atomic mass is 10.1. The Morgan fingerprint density at radius 2 is 1.30 bits per heavy atom. The Morgan fingerprint density at radius 3 is 1.85 bits per heavy atom. The fourth-order valence-corrected chi connectivity index (χ4v) is 2.71. The molecule has 2 aromatic heterocycles. The van der Waals surface area contributed by atoms with Gasteiger partial charge in [0.05, 0.1) is 0 Å². The fraction of sp³-hybridized carbons (Fsp3) is 0.200. The largest absolute Gasteiger partial charge is 0.433 e. The summed E-state index contributed by atoms with van der Waals surface area (Å²) >= 11 is 0. The van der Waals surface area contributed by atoms with E-state index in [2.05, 4.69) is 9.97 Å². The van der Waals surface area contributed by atoms with Gasteiger partial charge >= 0.3 is 6.18 Å².